The molecule has 0 bridgehead atoms. The molecule has 2 N–H and O–H groups in total. The molecule has 0 radical (unpaired) electrons. The molecule has 1 fully saturated rings. The first-order valence-electron chi connectivity index (χ1n) is 8.79. The highest BCUT2D eigenvalue weighted by atomic mass is 16.3. The van der Waals surface area contributed by atoms with Crippen LogP contribution in [0, 0.1) is 11.8 Å². The molecule has 2 aromatic rings. The van der Waals surface area contributed by atoms with Crippen LogP contribution in [0.3, 0.4) is 0 Å². The van der Waals surface area contributed by atoms with Crippen LogP contribution in [0.25, 0.3) is 10.9 Å². The monoisotopic (exact) mass is 345 g/mol. The third-order valence-corrected chi connectivity index (χ3v) is 5.30. The maximum absolute atomic E-state index is 13.0. The zero-order chi connectivity index (χ0) is 18.0. The van der Waals surface area contributed by atoms with E-state index in [0.29, 0.717) is 25.3 Å². The lowest BCUT2D eigenvalue weighted by Gasteiger charge is -2.23. The van der Waals surface area contributed by atoms with Crippen LogP contribution in [0.15, 0.2) is 30.3 Å². The fourth-order valence-corrected chi connectivity index (χ4v) is 3.84. The number of aryl methyl sites for hydroxylation is 1. The minimum Gasteiger partial charge on any atom is -0.396 e. The first kappa shape index (κ1) is 17.9. The maximum Gasteiger partial charge on any atom is 0.270 e. The Bertz CT molecular complexity index is 743. The van der Waals surface area contributed by atoms with E-state index in [-0.39, 0.29) is 31.0 Å². The van der Waals surface area contributed by atoms with E-state index in [9.17, 15) is 9.90 Å². The quantitative estimate of drug-likeness (QED) is 0.812. The summed E-state index contributed by atoms with van der Waals surface area (Å²) < 4.78 is 1.94. The number of hydrogen-bond acceptors (Lipinski definition) is 4. The first-order chi connectivity index (χ1) is 12.0. The minimum atomic E-state index is 0.0180. The Morgan fingerprint density at radius 3 is 2.64 bits per heavy atom. The summed E-state index contributed by atoms with van der Waals surface area (Å²) in [5.74, 6) is 0.324. The maximum atomic E-state index is 13.0. The van der Waals surface area contributed by atoms with Crippen LogP contribution >= 0.6 is 0 Å². The summed E-state index contributed by atoms with van der Waals surface area (Å²) in [6, 6.07) is 9.91. The van der Waals surface area contributed by atoms with Crippen molar-refractivity contribution in [3.63, 3.8) is 0 Å². The predicted molar refractivity (Wildman–Crippen MR) is 97.5 cm³/mol. The second kappa shape index (κ2) is 7.56. The molecule has 6 nitrogen and oxygen atoms in total. The summed E-state index contributed by atoms with van der Waals surface area (Å²) >= 11 is 0. The van der Waals surface area contributed by atoms with Crippen molar-refractivity contribution < 1.29 is 15.0 Å². The summed E-state index contributed by atoms with van der Waals surface area (Å²) in [7, 11) is 3.88. The van der Waals surface area contributed by atoms with Crippen molar-refractivity contribution in [2.24, 2.45) is 18.9 Å². The van der Waals surface area contributed by atoms with E-state index in [0.717, 1.165) is 17.4 Å². The van der Waals surface area contributed by atoms with Gasteiger partial charge < -0.3 is 24.6 Å². The van der Waals surface area contributed by atoms with Crippen molar-refractivity contribution in [3.05, 3.63) is 36.0 Å². The lowest BCUT2D eigenvalue weighted by Crippen LogP contribution is -2.33. The van der Waals surface area contributed by atoms with Crippen molar-refractivity contribution in [1.29, 1.82) is 0 Å². The van der Waals surface area contributed by atoms with Gasteiger partial charge in [-0.25, -0.2) is 0 Å². The van der Waals surface area contributed by atoms with E-state index in [4.69, 9.17) is 5.11 Å². The SMILES string of the molecule is CN(CCO)CC1CN(C(=O)c2cc3ccccc3n2C)CC1CO. The zero-order valence-corrected chi connectivity index (χ0v) is 14.9. The molecule has 2 unspecified atom stereocenters. The van der Waals surface area contributed by atoms with Crippen LogP contribution in [0.1, 0.15) is 10.5 Å². The van der Waals surface area contributed by atoms with Gasteiger partial charge in [-0.15, -0.1) is 0 Å². The van der Waals surface area contributed by atoms with Crippen LogP contribution in [0.5, 0.6) is 0 Å². The van der Waals surface area contributed by atoms with Crippen LogP contribution < -0.4 is 0 Å². The van der Waals surface area contributed by atoms with Crippen LogP contribution in [0.2, 0.25) is 0 Å². The smallest absolute Gasteiger partial charge is 0.270 e. The Hall–Kier alpha value is -1.89. The summed E-state index contributed by atoms with van der Waals surface area (Å²) in [5.41, 5.74) is 1.73. The fourth-order valence-electron chi connectivity index (χ4n) is 3.84. The van der Waals surface area contributed by atoms with Crippen molar-refractivity contribution in [3.8, 4) is 0 Å². The third kappa shape index (κ3) is 3.56. The number of fused-ring (bicyclic) bond motifs is 1. The summed E-state index contributed by atoms with van der Waals surface area (Å²) in [6.07, 6.45) is 0. The molecule has 1 amide bonds. The van der Waals surface area contributed by atoms with Gasteiger partial charge in [-0.2, -0.15) is 0 Å². The number of aromatic nitrogens is 1. The summed E-state index contributed by atoms with van der Waals surface area (Å²) in [5, 5.41) is 19.8. The Labute approximate surface area is 148 Å². The molecule has 1 saturated heterocycles. The molecule has 1 aromatic carbocycles. The molecule has 2 atom stereocenters. The molecule has 3 rings (SSSR count). The zero-order valence-electron chi connectivity index (χ0n) is 14.9. The van der Waals surface area contributed by atoms with E-state index in [1.54, 1.807) is 0 Å². The van der Waals surface area contributed by atoms with Gasteiger partial charge in [0.15, 0.2) is 0 Å². The molecular formula is C19H27N3O3. The normalized spacial score (nSPS) is 20.8. The number of nitrogens with zero attached hydrogens (tertiary/aromatic N) is 3. The van der Waals surface area contributed by atoms with Crippen LogP contribution in [-0.4, -0.2) is 76.9 Å². The summed E-state index contributed by atoms with van der Waals surface area (Å²) in [4.78, 5) is 16.9. The predicted octanol–water partition coefficient (Wildman–Crippen LogP) is 0.783. The Kier molecular flexibility index (Phi) is 5.42. The largest absolute Gasteiger partial charge is 0.396 e. The van der Waals surface area contributed by atoms with Crippen LogP contribution in [-0.2, 0) is 7.05 Å². The Morgan fingerprint density at radius 2 is 1.96 bits per heavy atom. The van der Waals surface area contributed by atoms with Gasteiger partial charge >= 0.3 is 0 Å². The molecule has 1 aliphatic rings. The van der Waals surface area contributed by atoms with Gasteiger partial charge in [0, 0.05) is 56.7 Å². The highest BCUT2D eigenvalue weighted by Gasteiger charge is 2.36. The number of rotatable bonds is 6. The Balaban J connectivity index is 1.77. The van der Waals surface area contributed by atoms with Crippen molar-refractivity contribution >= 4 is 16.8 Å². The third-order valence-electron chi connectivity index (χ3n) is 5.30. The van der Waals surface area contributed by atoms with Crippen LogP contribution in [0.4, 0.5) is 0 Å². The lowest BCUT2D eigenvalue weighted by molar-refractivity contribution is 0.0770. The number of para-hydroxylation sites is 1. The average molecular weight is 345 g/mol. The number of amides is 1. The molecule has 0 aliphatic carbocycles. The highest BCUT2D eigenvalue weighted by Crippen LogP contribution is 2.27. The molecule has 0 saturated carbocycles. The second-order valence-electron chi connectivity index (χ2n) is 7.05. The Morgan fingerprint density at radius 1 is 1.24 bits per heavy atom. The van der Waals surface area contributed by atoms with E-state index in [2.05, 4.69) is 4.90 Å². The van der Waals surface area contributed by atoms with Crippen molar-refractivity contribution in [1.82, 2.24) is 14.4 Å². The molecular weight excluding hydrogens is 318 g/mol. The van der Waals surface area contributed by atoms with E-state index < -0.39 is 0 Å². The average Bonchev–Trinajstić information content (AvgIpc) is 3.16. The molecule has 6 heteroatoms. The number of carbonyl (C=O) groups excluding carboxylic acids is 1. The number of likely N-dealkylation sites (N-methyl/N-ethyl adjacent to an activating group) is 1. The standard InChI is InChI=1S/C19H27N3O3/c1-20(7-8-23)10-15-11-22(12-16(15)13-24)19(25)18-9-14-5-3-4-6-17(14)21(18)2/h3-6,9,15-16,23-24H,7-8,10-13H2,1-2H3. The number of aliphatic hydroxyl groups excluding tert-OH is 2. The number of hydrogen-bond donors (Lipinski definition) is 2. The van der Waals surface area contributed by atoms with Gasteiger partial charge in [-0.3, -0.25) is 4.79 Å². The van der Waals surface area contributed by atoms with E-state index >= 15 is 0 Å². The number of carbonyl (C=O) groups is 1. The molecule has 2 heterocycles. The molecule has 25 heavy (non-hydrogen) atoms. The topological polar surface area (TPSA) is 68.9 Å². The van der Waals surface area contributed by atoms with Gasteiger partial charge in [-0.05, 0) is 25.1 Å². The number of likely N-dealkylation sites (tertiary alicyclic amines) is 1. The number of aliphatic hydroxyl groups is 2. The molecule has 1 aromatic heterocycles. The number of benzene rings is 1. The van der Waals surface area contributed by atoms with E-state index in [1.165, 1.54) is 0 Å². The first-order valence-corrected chi connectivity index (χ1v) is 8.79. The molecule has 1 aliphatic heterocycles. The van der Waals surface area contributed by atoms with E-state index in [1.807, 2.05) is 53.9 Å². The van der Waals surface area contributed by atoms with Gasteiger partial charge in [0.25, 0.3) is 5.91 Å². The summed E-state index contributed by atoms with van der Waals surface area (Å²) in [6.45, 7) is 2.79. The second-order valence-corrected chi connectivity index (χ2v) is 7.05. The van der Waals surface area contributed by atoms with Gasteiger partial charge in [0.2, 0.25) is 0 Å². The highest BCUT2D eigenvalue weighted by molar-refractivity contribution is 5.98. The molecule has 0 spiro atoms. The van der Waals surface area contributed by atoms with Gasteiger partial charge in [0.05, 0.1) is 6.61 Å². The van der Waals surface area contributed by atoms with Crippen molar-refractivity contribution in [2.75, 3.05) is 46.4 Å². The minimum absolute atomic E-state index is 0.0180. The molecule has 136 valence electrons. The lowest BCUT2D eigenvalue weighted by atomic mass is 9.96. The van der Waals surface area contributed by atoms with Crippen molar-refractivity contribution in [2.45, 2.75) is 0 Å². The van der Waals surface area contributed by atoms with Gasteiger partial charge in [-0.1, -0.05) is 18.2 Å². The fraction of sp³-hybridized carbons (Fsp3) is 0.526. The van der Waals surface area contributed by atoms with Gasteiger partial charge in [0.1, 0.15) is 5.69 Å².